The topological polar surface area (TPSA) is 61.2 Å². The minimum absolute atomic E-state index is 0.116. The zero-order valence-electron chi connectivity index (χ0n) is 14.5. The number of thioether (sulfide) groups is 1. The van der Waals surface area contributed by atoms with Gasteiger partial charge in [-0.1, -0.05) is 36.0 Å². The van der Waals surface area contributed by atoms with Crippen LogP contribution in [0.5, 0.6) is 0 Å². The minimum Gasteiger partial charge on any atom is -0.465 e. The van der Waals surface area contributed by atoms with Crippen LogP contribution in [0.2, 0.25) is 0 Å². The number of rotatable bonds is 4. The molecule has 1 fully saturated rings. The minimum atomic E-state index is -0.337. The second-order valence-corrected chi connectivity index (χ2v) is 9.22. The van der Waals surface area contributed by atoms with Crippen molar-refractivity contribution >= 4 is 50.6 Å². The molecule has 1 atom stereocenters. The van der Waals surface area contributed by atoms with E-state index in [4.69, 9.17) is 9.72 Å². The molecule has 8 heteroatoms. The largest absolute Gasteiger partial charge is 0.465 e. The van der Waals surface area contributed by atoms with Gasteiger partial charge in [-0.05, 0) is 23.6 Å². The van der Waals surface area contributed by atoms with Crippen LogP contribution < -0.4 is 5.56 Å². The second kappa shape index (κ2) is 7.20. The van der Waals surface area contributed by atoms with Crippen LogP contribution in [0.25, 0.3) is 26.3 Å². The summed E-state index contributed by atoms with van der Waals surface area (Å²) in [6.07, 6.45) is 0.622. The second-order valence-electron chi connectivity index (χ2n) is 6.24. The molecule has 5 nitrogen and oxygen atoms in total. The number of cyclic esters (lactones) is 1. The SMILES string of the molecule is O=C1OCC[C@@H]1Sc1nc2scc(-c3cccs3)c2c(=O)n1-c1ccccc1. The summed E-state index contributed by atoms with van der Waals surface area (Å²) in [6, 6.07) is 13.4. The van der Waals surface area contributed by atoms with Crippen molar-refractivity contribution < 1.29 is 9.53 Å². The van der Waals surface area contributed by atoms with Crippen LogP contribution in [0.4, 0.5) is 0 Å². The third kappa shape index (κ3) is 2.97. The Kier molecular flexibility index (Phi) is 4.54. The van der Waals surface area contributed by atoms with Crippen molar-refractivity contribution in [2.45, 2.75) is 16.8 Å². The first-order valence-corrected chi connectivity index (χ1v) is 11.3. The van der Waals surface area contributed by atoms with E-state index >= 15 is 0 Å². The molecule has 1 aliphatic heterocycles. The number of hydrogen-bond acceptors (Lipinski definition) is 7. The van der Waals surface area contributed by atoms with Crippen molar-refractivity contribution in [3.63, 3.8) is 0 Å². The van der Waals surface area contributed by atoms with E-state index in [1.165, 1.54) is 23.1 Å². The van der Waals surface area contributed by atoms with Crippen molar-refractivity contribution in [3.8, 4) is 16.1 Å². The van der Waals surface area contributed by atoms with Crippen LogP contribution in [-0.4, -0.2) is 27.4 Å². The molecule has 1 aromatic carbocycles. The standard InChI is InChI=1S/C20H14N2O3S3/c23-18-16-13(14-7-4-10-26-14)11-27-17(16)21-20(28-15-8-9-25-19(15)24)22(18)12-5-2-1-3-6-12/h1-7,10-11,15H,8-9H2/t15-/m0/s1. The number of carbonyl (C=O) groups excluding carboxylic acids is 1. The summed E-state index contributed by atoms with van der Waals surface area (Å²) in [7, 11) is 0. The first-order chi connectivity index (χ1) is 13.7. The molecule has 0 N–H and O–H groups in total. The quantitative estimate of drug-likeness (QED) is 0.353. The van der Waals surface area contributed by atoms with Gasteiger partial charge in [-0.25, -0.2) is 4.98 Å². The molecule has 0 amide bonds. The average Bonchev–Trinajstić information content (AvgIpc) is 3.44. The number of benzene rings is 1. The normalized spacial score (nSPS) is 16.6. The fraction of sp³-hybridized carbons (Fsp3) is 0.150. The highest BCUT2D eigenvalue weighted by molar-refractivity contribution is 8.00. The van der Waals surface area contributed by atoms with Crippen LogP contribution in [0.1, 0.15) is 6.42 Å². The van der Waals surface area contributed by atoms with E-state index in [1.807, 2.05) is 53.2 Å². The van der Waals surface area contributed by atoms with Gasteiger partial charge in [-0.2, -0.15) is 0 Å². The number of ether oxygens (including phenoxy) is 1. The molecule has 28 heavy (non-hydrogen) atoms. The molecule has 1 aliphatic rings. The molecule has 0 bridgehead atoms. The van der Waals surface area contributed by atoms with E-state index in [0.717, 1.165) is 16.1 Å². The van der Waals surface area contributed by atoms with Gasteiger partial charge in [0.1, 0.15) is 10.1 Å². The van der Waals surface area contributed by atoms with E-state index in [1.54, 1.807) is 15.9 Å². The fourth-order valence-corrected chi connectivity index (χ4v) is 6.06. The lowest BCUT2D eigenvalue weighted by Gasteiger charge is -2.13. The third-order valence-corrected chi connectivity index (χ3v) is 7.49. The number of esters is 1. The number of hydrogen-bond donors (Lipinski definition) is 0. The molecule has 4 aromatic rings. The van der Waals surface area contributed by atoms with Crippen molar-refractivity contribution in [3.05, 3.63) is 63.6 Å². The highest BCUT2D eigenvalue weighted by atomic mass is 32.2. The molecule has 0 saturated carbocycles. The smallest absolute Gasteiger partial charge is 0.319 e. The Morgan fingerprint density at radius 3 is 2.68 bits per heavy atom. The highest BCUT2D eigenvalue weighted by Crippen LogP contribution is 2.36. The Morgan fingerprint density at radius 1 is 1.11 bits per heavy atom. The van der Waals surface area contributed by atoms with E-state index < -0.39 is 0 Å². The van der Waals surface area contributed by atoms with Gasteiger partial charge >= 0.3 is 5.97 Å². The maximum Gasteiger partial charge on any atom is 0.319 e. The number of nitrogens with zero attached hydrogens (tertiary/aromatic N) is 2. The summed E-state index contributed by atoms with van der Waals surface area (Å²) in [5.41, 5.74) is 1.53. The Bertz CT molecular complexity index is 1210. The molecule has 140 valence electrons. The van der Waals surface area contributed by atoms with Crippen LogP contribution in [0.3, 0.4) is 0 Å². The lowest BCUT2D eigenvalue weighted by atomic mass is 10.2. The predicted molar refractivity (Wildman–Crippen MR) is 114 cm³/mol. The molecule has 5 rings (SSSR count). The molecule has 3 aromatic heterocycles. The lowest BCUT2D eigenvalue weighted by Crippen LogP contribution is -2.23. The molecule has 0 radical (unpaired) electrons. The van der Waals surface area contributed by atoms with Crippen molar-refractivity contribution in [2.75, 3.05) is 6.61 Å². The number of aromatic nitrogens is 2. The number of thiophene rings is 2. The number of para-hydroxylation sites is 1. The van der Waals surface area contributed by atoms with E-state index in [-0.39, 0.29) is 16.8 Å². The van der Waals surface area contributed by atoms with Crippen molar-refractivity contribution in [1.82, 2.24) is 9.55 Å². The molecular formula is C20H14N2O3S3. The summed E-state index contributed by atoms with van der Waals surface area (Å²) in [6.45, 7) is 0.413. The van der Waals surface area contributed by atoms with Crippen molar-refractivity contribution in [1.29, 1.82) is 0 Å². The zero-order valence-corrected chi connectivity index (χ0v) is 17.0. The molecular weight excluding hydrogens is 412 g/mol. The van der Waals surface area contributed by atoms with Gasteiger partial charge in [-0.3, -0.25) is 14.2 Å². The zero-order chi connectivity index (χ0) is 19.1. The maximum atomic E-state index is 13.6. The van der Waals surface area contributed by atoms with Gasteiger partial charge in [0, 0.05) is 22.2 Å². The number of fused-ring (bicyclic) bond motifs is 1. The van der Waals surface area contributed by atoms with Crippen LogP contribution in [0, 0.1) is 0 Å². The molecule has 4 heterocycles. The number of carbonyl (C=O) groups is 1. The van der Waals surface area contributed by atoms with Gasteiger partial charge < -0.3 is 4.74 Å². The maximum absolute atomic E-state index is 13.6. The predicted octanol–water partition coefficient (Wildman–Crippen LogP) is 4.58. The van der Waals surface area contributed by atoms with Gasteiger partial charge in [0.15, 0.2) is 5.16 Å². The molecule has 0 spiro atoms. The van der Waals surface area contributed by atoms with Crippen LogP contribution in [-0.2, 0) is 9.53 Å². The van der Waals surface area contributed by atoms with Crippen molar-refractivity contribution in [2.24, 2.45) is 0 Å². The van der Waals surface area contributed by atoms with Gasteiger partial charge in [-0.15, -0.1) is 22.7 Å². The summed E-state index contributed by atoms with van der Waals surface area (Å²) in [5, 5.41) is 4.79. The van der Waals surface area contributed by atoms with E-state index in [2.05, 4.69) is 0 Å². The Labute approximate surface area is 172 Å². The summed E-state index contributed by atoms with van der Waals surface area (Å²) >= 11 is 4.36. The monoisotopic (exact) mass is 426 g/mol. The van der Waals surface area contributed by atoms with E-state index in [9.17, 15) is 9.59 Å². The first kappa shape index (κ1) is 17.7. The summed E-state index contributed by atoms with van der Waals surface area (Å²) < 4.78 is 6.70. The fourth-order valence-electron chi connectivity index (χ4n) is 3.18. The Morgan fingerprint density at radius 2 is 1.96 bits per heavy atom. The Balaban J connectivity index is 1.75. The van der Waals surface area contributed by atoms with Gasteiger partial charge in [0.05, 0.1) is 17.7 Å². The van der Waals surface area contributed by atoms with Gasteiger partial charge in [0.2, 0.25) is 0 Å². The first-order valence-electron chi connectivity index (χ1n) is 8.69. The van der Waals surface area contributed by atoms with E-state index in [0.29, 0.717) is 28.4 Å². The van der Waals surface area contributed by atoms with Crippen LogP contribution in [0.15, 0.2) is 63.2 Å². The van der Waals surface area contributed by atoms with Gasteiger partial charge in [0.25, 0.3) is 5.56 Å². The summed E-state index contributed by atoms with van der Waals surface area (Å²) in [5.74, 6) is -0.246. The molecule has 1 saturated heterocycles. The highest BCUT2D eigenvalue weighted by Gasteiger charge is 2.30. The molecule has 0 unspecified atom stereocenters. The lowest BCUT2D eigenvalue weighted by molar-refractivity contribution is -0.137. The average molecular weight is 427 g/mol. The Hall–Kier alpha value is -2.42. The molecule has 0 aliphatic carbocycles. The van der Waals surface area contributed by atoms with Crippen LogP contribution >= 0.6 is 34.4 Å². The summed E-state index contributed by atoms with van der Waals surface area (Å²) in [4.78, 5) is 32.1. The third-order valence-electron chi connectivity index (χ3n) is 4.51.